The minimum absolute atomic E-state index is 0.151. The second kappa shape index (κ2) is 9.09. The topological polar surface area (TPSA) is 41.5 Å². The Bertz CT molecular complexity index is 1090. The minimum Gasteiger partial charge on any atom is -0.300 e. The Kier molecular flexibility index (Phi) is 6.31. The Balaban J connectivity index is 1.45. The van der Waals surface area contributed by atoms with Gasteiger partial charge in [-0.15, -0.1) is 0 Å². The summed E-state index contributed by atoms with van der Waals surface area (Å²) in [5.41, 5.74) is 1.69. The van der Waals surface area contributed by atoms with Gasteiger partial charge in [-0.05, 0) is 84.1 Å². The van der Waals surface area contributed by atoms with E-state index >= 15 is 0 Å². The third kappa shape index (κ3) is 5.46. The van der Waals surface area contributed by atoms with Crippen LogP contribution in [0.25, 0.3) is 6.08 Å². The highest BCUT2D eigenvalue weighted by Gasteiger charge is 2.23. The third-order valence-corrected chi connectivity index (χ3v) is 6.36. The number of nitrogens with zero attached hydrogens (tertiary/aromatic N) is 1. The average molecular weight is 457 g/mol. The molecule has 1 aliphatic heterocycles. The average Bonchev–Trinajstić information content (AvgIpc) is 3.06. The van der Waals surface area contributed by atoms with E-state index in [2.05, 4.69) is 10.3 Å². The van der Waals surface area contributed by atoms with Crippen molar-refractivity contribution in [3.63, 3.8) is 0 Å². The van der Waals surface area contributed by atoms with Crippen molar-refractivity contribution in [3.8, 4) is 0 Å². The fourth-order valence-corrected chi connectivity index (χ4v) is 4.45. The molecule has 0 bridgehead atoms. The van der Waals surface area contributed by atoms with Crippen LogP contribution in [0.1, 0.15) is 5.56 Å². The SMILES string of the molecule is O=C1NC(=Nc2ccc(Cl)cc2)S/C1=C\c1ccc(Sc2ccc(Cl)cc2)cc1. The summed E-state index contributed by atoms with van der Waals surface area (Å²) < 4.78 is 0. The van der Waals surface area contributed by atoms with E-state index in [-0.39, 0.29) is 5.91 Å². The number of carbonyl (C=O) groups excluding carboxylic acids is 1. The van der Waals surface area contributed by atoms with Crippen molar-refractivity contribution in [2.45, 2.75) is 9.79 Å². The number of amidine groups is 1. The van der Waals surface area contributed by atoms with Gasteiger partial charge in [-0.1, -0.05) is 47.1 Å². The molecule has 1 heterocycles. The van der Waals surface area contributed by atoms with Crippen molar-refractivity contribution in [2.75, 3.05) is 0 Å². The number of nitrogens with one attached hydrogen (secondary N) is 1. The molecule has 1 fully saturated rings. The van der Waals surface area contributed by atoms with Crippen LogP contribution in [0.3, 0.4) is 0 Å². The van der Waals surface area contributed by atoms with Crippen molar-refractivity contribution in [1.29, 1.82) is 0 Å². The van der Waals surface area contributed by atoms with Gasteiger partial charge in [0.25, 0.3) is 5.91 Å². The van der Waals surface area contributed by atoms with Crippen LogP contribution in [-0.4, -0.2) is 11.1 Å². The first-order chi connectivity index (χ1) is 14.0. The third-order valence-electron chi connectivity index (χ3n) is 3.94. The first-order valence-electron chi connectivity index (χ1n) is 8.64. The number of carbonyl (C=O) groups is 1. The molecule has 0 aromatic heterocycles. The van der Waals surface area contributed by atoms with Crippen molar-refractivity contribution in [2.24, 2.45) is 4.99 Å². The van der Waals surface area contributed by atoms with Crippen LogP contribution in [-0.2, 0) is 4.79 Å². The normalized spacial score (nSPS) is 16.4. The van der Waals surface area contributed by atoms with Gasteiger partial charge in [0.15, 0.2) is 5.17 Å². The van der Waals surface area contributed by atoms with Crippen molar-refractivity contribution in [1.82, 2.24) is 5.32 Å². The van der Waals surface area contributed by atoms with E-state index in [0.717, 1.165) is 26.1 Å². The summed E-state index contributed by atoms with van der Waals surface area (Å²) in [6.45, 7) is 0. The predicted octanol–water partition coefficient (Wildman–Crippen LogP) is 7.04. The van der Waals surface area contributed by atoms with Crippen LogP contribution in [0.2, 0.25) is 10.0 Å². The summed E-state index contributed by atoms with van der Waals surface area (Å²) in [7, 11) is 0. The molecule has 7 heteroatoms. The van der Waals surface area contributed by atoms with Crippen molar-refractivity contribution in [3.05, 3.63) is 93.3 Å². The van der Waals surface area contributed by atoms with Crippen LogP contribution in [0.4, 0.5) is 5.69 Å². The van der Waals surface area contributed by atoms with Gasteiger partial charge in [-0.3, -0.25) is 4.79 Å². The standard InChI is InChI=1S/C22H14Cl2N2OS2/c23-15-3-7-17(8-4-15)25-22-26-21(27)20(29-22)13-14-1-9-18(10-2-14)28-19-11-5-16(24)6-12-19/h1-13H,(H,25,26,27)/b20-13-. The Labute approximate surface area is 187 Å². The van der Waals surface area contributed by atoms with Crippen molar-refractivity contribution < 1.29 is 4.79 Å². The van der Waals surface area contributed by atoms with Gasteiger partial charge < -0.3 is 5.32 Å². The highest BCUT2D eigenvalue weighted by atomic mass is 35.5. The van der Waals surface area contributed by atoms with Crippen LogP contribution >= 0.6 is 46.7 Å². The van der Waals surface area contributed by atoms with E-state index in [0.29, 0.717) is 15.1 Å². The van der Waals surface area contributed by atoms with Crippen LogP contribution in [0.5, 0.6) is 0 Å². The van der Waals surface area contributed by atoms with E-state index in [1.165, 1.54) is 11.8 Å². The first kappa shape index (κ1) is 20.1. The molecule has 1 aliphatic rings. The summed E-state index contributed by atoms with van der Waals surface area (Å²) in [5.74, 6) is -0.151. The van der Waals surface area contributed by atoms with Crippen molar-refractivity contribution >= 4 is 69.6 Å². The summed E-state index contributed by atoms with van der Waals surface area (Å²) >= 11 is 14.8. The fraction of sp³-hybridized carbons (Fsp3) is 0. The molecule has 0 spiro atoms. The molecular weight excluding hydrogens is 443 g/mol. The number of thioether (sulfide) groups is 1. The van der Waals surface area contributed by atoms with Gasteiger partial charge in [0, 0.05) is 19.8 Å². The Morgan fingerprint density at radius 1 is 0.828 bits per heavy atom. The molecule has 3 aromatic carbocycles. The zero-order valence-electron chi connectivity index (χ0n) is 14.9. The molecule has 0 saturated carbocycles. The van der Waals surface area contributed by atoms with Gasteiger partial charge in [0.05, 0.1) is 10.6 Å². The maximum Gasteiger partial charge on any atom is 0.264 e. The van der Waals surface area contributed by atoms with Gasteiger partial charge in [0.2, 0.25) is 0 Å². The minimum atomic E-state index is -0.151. The van der Waals surface area contributed by atoms with Gasteiger partial charge >= 0.3 is 0 Å². The Morgan fingerprint density at radius 2 is 1.38 bits per heavy atom. The highest BCUT2D eigenvalue weighted by molar-refractivity contribution is 8.18. The summed E-state index contributed by atoms with van der Waals surface area (Å²) in [4.78, 5) is 19.5. The van der Waals surface area contributed by atoms with E-state index in [4.69, 9.17) is 23.2 Å². The summed E-state index contributed by atoms with van der Waals surface area (Å²) in [5, 5.41) is 4.72. The Morgan fingerprint density at radius 3 is 2.00 bits per heavy atom. The second-order valence-corrected chi connectivity index (χ2v) is 9.13. The number of hydrogen-bond acceptors (Lipinski definition) is 4. The lowest BCUT2D eigenvalue weighted by atomic mass is 10.2. The molecule has 1 N–H and O–H groups in total. The van der Waals surface area contributed by atoms with E-state index in [1.807, 2.05) is 54.6 Å². The van der Waals surface area contributed by atoms with E-state index < -0.39 is 0 Å². The predicted molar refractivity (Wildman–Crippen MR) is 124 cm³/mol. The largest absolute Gasteiger partial charge is 0.300 e. The lowest BCUT2D eigenvalue weighted by Gasteiger charge is -2.03. The maximum atomic E-state index is 12.3. The second-order valence-electron chi connectivity index (χ2n) is 6.08. The molecule has 3 aromatic rings. The van der Waals surface area contributed by atoms with Crippen LogP contribution in [0, 0.1) is 0 Å². The molecule has 1 saturated heterocycles. The van der Waals surface area contributed by atoms with E-state index in [1.54, 1.807) is 36.0 Å². The Hall–Kier alpha value is -2.18. The highest BCUT2D eigenvalue weighted by Crippen LogP contribution is 2.31. The monoisotopic (exact) mass is 456 g/mol. The molecule has 144 valence electrons. The van der Waals surface area contributed by atoms with Gasteiger partial charge in [0.1, 0.15) is 0 Å². The number of hydrogen-bond donors (Lipinski definition) is 1. The van der Waals surface area contributed by atoms with Gasteiger partial charge in [-0.25, -0.2) is 4.99 Å². The van der Waals surface area contributed by atoms with E-state index in [9.17, 15) is 4.79 Å². The summed E-state index contributed by atoms with van der Waals surface area (Å²) in [6, 6.07) is 22.9. The molecule has 0 atom stereocenters. The first-order valence-corrected chi connectivity index (χ1v) is 11.0. The maximum absolute atomic E-state index is 12.3. The molecule has 0 radical (unpaired) electrons. The zero-order valence-corrected chi connectivity index (χ0v) is 18.1. The molecule has 0 unspecified atom stereocenters. The number of halogens is 2. The zero-order chi connectivity index (χ0) is 20.2. The quantitative estimate of drug-likeness (QED) is 0.428. The van der Waals surface area contributed by atoms with Crippen LogP contribution < -0.4 is 5.32 Å². The molecule has 29 heavy (non-hydrogen) atoms. The number of aliphatic imine (C=N–C) groups is 1. The molecule has 3 nitrogen and oxygen atoms in total. The molecule has 1 amide bonds. The summed E-state index contributed by atoms with van der Waals surface area (Å²) in [6.07, 6.45) is 1.86. The molecule has 4 rings (SSSR count). The lowest BCUT2D eigenvalue weighted by molar-refractivity contribution is -0.115. The molecule has 0 aliphatic carbocycles. The number of amides is 1. The van der Waals surface area contributed by atoms with Crippen LogP contribution in [0.15, 0.2) is 92.5 Å². The lowest BCUT2D eigenvalue weighted by Crippen LogP contribution is -2.19. The number of rotatable bonds is 4. The fourth-order valence-electron chi connectivity index (χ4n) is 2.54. The molecular formula is C22H14Cl2N2OS2. The smallest absolute Gasteiger partial charge is 0.264 e. The van der Waals surface area contributed by atoms with Gasteiger partial charge in [-0.2, -0.15) is 0 Å². The number of benzene rings is 3.